The molecule has 5 rings (SSSR count). The lowest BCUT2D eigenvalue weighted by molar-refractivity contribution is -0.144. The predicted molar refractivity (Wildman–Crippen MR) is 140 cm³/mol. The number of rotatable bonds is 5. The molecule has 0 N–H and O–H groups in total. The minimum Gasteiger partial charge on any atom is -0.341 e. The van der Waals surface area contributed by atoms with Crippen LogP contribution >= 0.6 is 11.6 Å². The van der Waals surface area contributed by atoms with E-state index in [1.54, 1.807) is 0 Å². The molecule has 2 amide bonds. The third kappa shape index (κ3) is 5.00. The summed E-state index contributed by atoms with van der Waals surface area (Å²) in [7, 11) is 0. The molecule has 1 aromatic rings. The molecule has 0 unspecified atom stereocenters. The van der Waals surface area contributed by atoms with Gasteiger partial charge in [0.2, 0.25) is 11.8 Å². The highest BCUT2D eigenvalue weighted by atomic mass is 35.5. The average Bonchev–Trinajstić information content (AvgIpc) is 2.86. The number of likely N-dealkylation sites (tertiary alicyclic amines) is 2. The first-order valence-electron chi connectivity index (χ1n) is 14.0. The Morgan fingerprint density at radius 1 is 0.971 bits per heavy atom. The Morgan fingerprint density at radius 2 is 1.69 bits per heavy atom. The Bertz CT molecular complexity index is 932. The smallest absolute Gasteiger partial charge is 0.233 e. The number of fused-ring (bicyclic) bond motifs is 2. The fourth-order valence-corrected chi connectivity index (χ4v) is 7.46. The summed E-state index contributed by atoms with van der Waals surface area (Å²) in [5.41, 5.74) is 1.93. The summed E-state index contributed by atoms with van der Waals surface area (Å²) < 4.78 is 0. The Kier molecular flexibility index (Phi) is 7.46. The fourth-order valence-electron chi connectivity index (χ4n) is 7.26. The summed E-state index contributed by atoms with van der Waals surface area (Å²) in [6.45, 7) is 9.38. The van der Waals surface area contributed by atoms with E-state index in [1.165, 1.54) is 36.8 Å². The molecule has 3 aliphatic heterocycles. The van der Waals surface area contributed by atoms with Crippen LogP contribution in [0.4, 0.5) is 0 Å². The van der Waals surface area contributed by atoms with Gasteiger partial charge in [0.1, 0.15) is 0 Å². The van der Waals surface area contributed by atoms with Crippen LogP contribution in [0.1, 0.15) is 82.8 Å². The Labute approximate surface area is 216 Å². The van der Waals surface area contributed by atoms with E-state index in [-0.39, 0.29) is 11.8 Å². The highest BCUT2D eigenvalue weighted by molar-refractivity contribution is 6.30. The predicted octanol–water partition coefficient (Wildman–Crippen LogP) is 5.24. The van der Waals surface area contributed by atoms with Crippen LogP contribution in [0.3, 0.4) is 0 Å². The number of carbonyl (C=O) groups excluding carboxylic acids is 2. The number of halogens is 1. The van der Waals surface area contributed by atoms with Gasteiger partial charge in [-0.05, 0) is 99.6 Å². The van der Waals surface area contributed by atoms with E-state index in [0.717, 1.165) is 62.2 Å². The van der Waals surface area contributed by atoms with E-state index < -0.39 is 5.41 Å². The molecule has 1 aliphatic carbocycles. The lowest BCUT2D eigenvalue weighted by atomic mass is 9.67. The number of hydrogen-bond acceptors (Lipinski definition) is 3. The zero-order valence-corrected chi connectivity index (χ0v) is 22.4. The highest BCUT2D eigenvalue weighted by Crippen LogP contribution is 2.45. The van der Waals surface area contributed by atoms with Gasteiger partial charge >= 0.3 is 0 Å². The van der Waals surface area contributed by atoms with E-state index >= 15 is 0 Å². The van der Waals surface area contributed by atoms with Crippen molar-refractivity contribution < 1.29 is 9.59 Å². The van der Waals surface area contributed by atoms with Gasteiger partial charge in [0.25, 0.3) is 0 Å². The van der Waals surface area contributed by atoms with Gasteiger partial charge < -0.3 is 14.7 Å². The van der Waals surface area contributed by atoms with E-state index in [4.69, 9.17) is 11.6 Å². The zero-order valence-electron chi connectivity index (χ0n) is 21.6. The lowest BCUT2D eigenvalue weighted by Gasteiger charge is -2.50. The number of hydrogen-bond donors (Lipinski definition) is 0. The molecule has 0 radical (unpaired) electrons. The van der Waals surface area contributed by atoms with Crippen LogP contribution in [-0.4, -0.2) is 65.3 Å². The van der Waals surface area contributed by atoms with Gasteiger partial charge in [-0.25, -0.2) is 0 Å². The summed E-state index contributed by atoms with van der Waals surface area (Å²) in [4.78, 5) is 33.1. The highest BCUT2D eigenvalue weighted by Gasteiger charge is 2.49. The summed E-state index contributed by atoms with van der Waals surface area (Å²) in [6, 6.07) is 6.80. The van der Waals surface area contributed by atoms with E-state index in [1.807, 2.05) is 15.9 Å². The third-order valence-electron chi connectivity index (χ3n) is 9.55. The molecule has 0 atom stereocenters. The third-order valence-corrected chi connectivity index (χ3v) is 9.79. The SMILES string of the molecule is CC(C)C1CCC(N2CCC3(CC2)C(=O)N(CCN2CCCCC2=O)Cc2cc(Cl)ccc23)CC1. The summed E-state index contributed by atoms with van der Waals surface area (Å²) in [5.74, 6) is 2.16. The first-order valence-corrected chi connectivity index (χ1v) is 14.4. The van der Waals surface area contributed by atoms with E-state index in [9.17, 15) is 9.59 Å². The minimum atomic E-state index is -0.449. The molecule has 1 saturated carbocycles. The molecule has 3 fully saturated rings. The van der Waals surface area contributed by atoms with Crippen molar-refractivity contribution in [1.29, 1.82) is 0 Å². The monoisotopic (exact) mass is 499 g/mol. The molecular weight excluding hydrogens is 458 g/mol. The maximum atomic E-state index is 14.1. The number of amides is 2. The molecule has 1 aromatic carbocycles. The second kappa shape index (κ2) is 10.4. The number of nitrogens with zero attached hydrogens (tertiary/aromatic N) is 3. The average molecular weight is 500 g/mol. The van der Waals surface area contributed by atoms with Crippen LogP contribution in [0.25, 0.3) is 0 Å². The fraction of sp³-hybridized carbons (Fsp3) is 0.724. The topological polar surface area (TPSA) is 43.9 Å². The van der Waals surface area contributed by atoms with Crippen LogP contribution in [0.5, 0.6) is 0 Å². The standard InChI is InChI=1S/C29H42ClN3O2/c1-21(2)22-6-9-25(10-7-22)31-15-12-29(13-16-31)26-11-8-24(30)19-23(26)20-33(28(29)35)18-17-32-14-4-3-5-27(32)34/h8,11,19,21-22,25H,3-7,9-10,12-18,20H2,1-2H3. The number of piperidine rings is 2. The van der Waals surface area contributed by atoms with E-state index in [0.29, 0.717) is 32.1 Å². The van der Waals surface area contributed by atoms with Crippen molar-refractivity contribution in [2.24, 2.45) is 11.8 Å². The molecule has 1 spiro atoms. The quantitative estimate of drug-likeness (QED) is 0.556. The van der Waals surface area contributed by atoms with Gasteiger partial charge in [0.15, 0.2) is 0 Å². The first-order chi connectivity index (χ1) is 16.9. The summed E-state index contributed by atoms with van der Waals surface area (Å²) in [6.07, 6.45) is 9.73. The van der Waals surface area contributed by atoms with Crippen molar-refractivity contribution in [1.82, 2.24) is 14.7 Å². The zero-order chi connectivity index (χ0) is 24.6. The Morgan fingerprint density at radius 3 is 2.37 bits per heavy atom. The normalized spacial score (nSPS) is 27.5. The van der Waals surface area contributed by atoms with Crippen molar-refractivity contribution in [3.63, 3.8) is 0 Å². The molecule has 6 heteroatoms. The van der Waals surface area contributed by atoms with Crippen LogP contribution in [0.2, 0.25) is 5.02 Å². The van der Waals surface area contributed by atoms with Crippen LogP contribution in [0.15, 0.2) is 18.2 Å². The molecule has 2 saturated heterocycles. The summed E-state index contributed by atoms with van der Waals surface area (Å²) in [5, 5.41) is 0.735. The van der Waals surface area contributed by atoms with Crippen molar-refractivity contribution in [2.75, 3.05) is 32.7 Å². The van der Waals surface area contributed by atoms with Crippen LogP contribution in [0, 0.1) is 11.8 Å². The maximum Gasteiger partial charge on any atom is 0.233 e. The largest absolute Gasteiger partial charge is 0.341 e. The molecule has 192 valence electrons. The molecular formula is C29H42ClN3O2. The second-order valence-corrected chi connectivity index (χ2v) is 12.2. The van der Waals surface area contributed by atoms with Crippen LogP contribution < -0.4 is 0 Å². The van der Waals surface area contributed by atoms with Gasteiger partial charge in [-0.15, -0.1) is 0 Å². The van der Waals surface area contributed by atoms with Gasteiger partial charge in [-0.3, -0.25) is 9.59 Å². The van der Waals surface area contributed by atoms with Crippen LogP contribution in [-0.2, 0) is 21.5 Å². The Hall–Kier alpha value is -1.59. The Balaban J connectivity index is 1.30. The molecule has 5 nitrogen and oxygen atoms in total. The molecule has 4 aliphatic rings. The van der Waals surface area contributed by atoms with Gasteiger partial charge in [0, 0.05) is 43.7 Å². The van der Waals surface area contributed by atoms with Crippen molar-refractivity contribution in [3.8, 4) is 0 Å². The molecule has 3 heterocycles. The van der Waals surface area contributed by atoms with Crippen molar-refractivity contribution in [3.05, 3.63) is 34.3 Å². The number of benzene rings is 1. The van der Waals surface area contributed by atoms with Crippen molar-refractivity contribution in [2.45, 2.75) is 89.6 Å². The first kappa shape index (κ1) is 25.1. The van der Waals surface area contributed by atoms with E-state index in [2.05, 4.69) is 30.9 Å². The van der Waals surface area contributed by atoms with Crippen molar-refractivity contribution >= 4 is 23.4 Å². The second-order valence-electron chi connectivity index (χ2n) is 11.8. The lowest BCUT2D eigenvalue weighted by Crippen LogP contribution is -2.58. The maximum absolute atomic E-state index is 14.1. The number of carbonyl (C=O) groups is 2. The van der Waals surface area contributed by atoms with Gasteiger partial charge in [-0.1, -0.05) is 31.5 Å². The van der Waals surface area contributed by atoms with Gasteiger partial charge in [-0.2, -0.15) is 0 Å². The molecule has 0 aromatic heterocycles. The van der Waals surface area contributed by atoms with Gasteiger partial charge in [0.05, 0.1) is 5.41 Å². The molecule has 35 heavy (non-hydrogen) atoms. The minimum absolute atomic E-state index is 0.236. The molecule has 0 bridgehead atoms. The summed E-state index contributed by atoms with van der Waals surface area (Å²) >= 11 is 6.40.